The number of hydrogen-bond donors (Lipinski definition) is 2. The van der Waals surface area contributed by atoms with Crippen LogP contribution in [0.2, 0.25) is 5.02 Å². The van der Waals surface area contributed by atoms with Crippen LogP contribution in [0.5, 0.6) is 0 Å². The molecule has 2 rings (SSSR count). The molecule has 0 saturated carbocycles. The van der Waals surface area contributed by atoms with Crippen LogP contribution in [-0.2, 0) is 6.54 Å². The van der Waals surface area contributed by atoms with E-state index in [1.807, 2.05) is 23.6 Å². The molecular formula is C15H13ClN2OS. The van der Waals surface area contributed by atoms with Crippen molar-refractivity contribution >= 4 is 28.8 Å². The van der Waals surface area contributed by atoms with E-state index in [9.17, 15) is 4.79 Å². The molecule has 1 aromatic heterocycles. The van der Waals surface area contributed by atoms with Gasteiger partial charge in [-0.25, -0.2) is 0 Å². The monoisotopic (exact) mass is 304 g/mol. The number of nitrogens with one attached hydrogen (secondary N) is 1. The molecule has 3 N–H and O–H groups in total. The third kappa shape index (κ3) is 3.84. The maximum absolute atomic E-state index is 12.1. The van der Waals surface area contributed by atoms with E-state index in [2.05, 4.69) is 17.2 Å². The van der Waals surface area contributed by atoms with Crippen molar-refractivity contribution in [1.82, 2.24) is 5.32 Å². The number of carbonyl (C=O) groups is 1. The van der Waals surface area contributed by atoms with Gasteiger partial charge >= 0.3 is 0 Å². The molecule has 0 bridgehead atoms. The van der Waals surface area contributed by atoms with Gasteiger partial charge in [0.15, 0.2) is 0 Å². The van der Waals surface area contributed by atoms with Gasteiger partial charge in [-0.1, -0.05) is 35.6 Å². The first-order chi connectivity index (χ1) is 9.70. The van der Waals surface area contributed by atoms with Crippen molar-refractivity contribution in [3.05, 3.63) is 56.7 Å². The first-order valence-electron chi connectivity index (χ1n) is 6.00. The van der Waals surface area contributed by atoms with E-state index in [-0.39, 0.29) is 12.5 Å². The second-order valence-corrected chi connectivity index (χ2v) is 5.33. The molecule has 0 spiro atoms. The Morgan fingerprint density at radius 1 is 1.30 bits per heavy atom. The summed E-state index contributed by atoms with van der Waals surface area (Å²) >= 11 is 7.18. The Morgan fingerprint density at radius 3 is 2.75 bits per heavy atom. The van der Waals surface area contributed by atoms with E-state index in [0.717, 1.165) is 5.56 Å². The highest BCUT2D eigenvalue weighted by atomic mass is 35.5. The van der Waals surface area contributed by atoms with Crippen molar-refractivity contribution in [2.24, 2.45) is 5.73 Å². The summed E-state index contributed by atoms with van der Waals surface area (Å²) in [5, 5.41) is 5.39. The number of nitrogens with two attached hydrogens (primary N) is 1. The van der Waals surface area contributed by atoms with Gasteiger partial charge in [0, 0.05) is 17.1 Å². The Hall–Kier alpha value is -1.80. The first-order valence-corrected chi connectivity index (χ1v) is 7.25. The molecule has 1 aromatic carbocycles. The van der Waals surface area contributed by atoms with Crippen LogP contribution in [-0.4, -0.2) is 12.5 Å². The zero-order chi connectivity index (χ0) is 14.4. The molecule has 0 unspecified atom stereocenters. The zero-order valence-electron chi connectivity index (χ0n) is 10.7. The Labute approximate surface area is 126 Å². The lowest BCUT2D eigenvalue weighted by Crippen LogP contribution is -2.22. The van der Waals surface area contributed by atoms with Crippen LogP contribution >= 0.6 is 22.9 Å². The summed E-state index contributed by atoms with van der Waals surface area (Å²) in [4.78, 5) is 12.7. The number of carbonyl (C=O) groups excluding carboxylic acids is 1. The molecule has 0 fully saturated rings. The van der Waals surface area contributed by atoms with Crippen LogP contribution in [0.15, 0.2) is 35.7 Å². The first kappa shape index (κ1) is 14.6. The normalized spacial score (nSPS) is 9.70. The lowest BCUT2D eigenvalue weighted by molar-refractivity contribution is 0.0955. The van der Waals surface area contributed by atoms with Gasteiger partial charge in [-0.15, -0.1) is 11.3 Å². The summed E-state index contributed by atoms with van der Waals surface area (Å²) in [6.45, 7) is 0.735. The van der Waals surface area contributed by atoms with Crippen LogP contribution in [0.1, 0.15) is 20.8 Å². The second kappa shape index (κ2) is 7.11. The SMILES string of the molecule is NCC#Cc1ccsc1C(=O)NCc1ccc(Cl)cc1. The highest BCUT2D eigenvalue weighted by Crippen LogP contribution is 2.16. The van der Waals surface area contributed by atoms with Gasteiger partial charge < -0.3 is 11.1 Å². The number of amides is 1. The molecule has 5 heteroatoms. The average molecular weight is 305 g/mol. The van der Waals surface area contributed by atoms with Gasteiger partial charge in [0.25, 0.3) is 5.91 Å². The van der Waals surface area contributed by atoms with Crippen LogP contribution < -0.4 is 11.1 Å². The quantitative estimate of drug-likeness (QED) is 0.857. The van der Waals surface area contributed by atoms with Crippen molar-refractivity contribution in [3.8, 4) is 11.8 Å². The summed E-state index contributed by atoms with van der Waals surface area (Å²) in [5.74, 6) is 5.52. The summed E-state index contributed by atoms with van der Waals surface area (Å²) in [6.07, 6.45) is 0. The van der Waals surface area contributed by atoms with E-state index in [1.165, 1.54) is 11.3 Å². The smallest absolute Gasteiger partial charge is 0.262 e. The van der Waals surface area contributed by atoms with Crippen LogP contribution in [0.4, 0.5) is 0 Å². The standard InChI is InChI=1S/C15H13ClN2OS/c16-13-5-3-11(4-6-13)10-18-15(19)14-12(2-1-8-17)7-9-20-14/h3-7,9H,8,10,17H2,(H,18,19). The number of rotatable bonds is 3. The minimum Gasteiger partial charge on any atom is -0.347 e. The van der Waals surface area contributed by atoms with Gasteiger partial charge in [0.05, 0.1) is 6.54 Å². The molecule has 1 amide bonds. The predicted molar refractivity (Wildman–Crippen MR) is 82.9 cm³/mol. The largest absolute Gasteiger partial charge is 0.347 e. The van der Waals surface area contributed by atoms with Gasteiger partial charge in [0.1, 0.15) is 4.88 Å². The molecule has 0 saturated heterocycles. The number of benzene rings is 1. The number of halogens is 1. The fourth-order valence-corrected chi connectivity index (χ4v) is 2.49. The molecule has 20 heavy (non-hydrogen) atoms. The molecule has 0 aliphatic heterocycles. The minimum absolute atomic E-state index is 0.128. The Bertz CT molecular complexity index is 653. The van der Waals surface area contributed by atoms with E-state index >= 15 is 0 Å². The highest BCUT2D eigenvalue weighted by molar-refractivity contribution is 7.12. The van der Waals surface area contributed by atoms with Gasteiger partial charge in [-0.3, -0.25) is 4.79 Å². The predicted octanol–water partition coefficient (Wildman–Crippen LogP) is 2.64. The molecule has 0 aliphatic rings. The number of hydrogen-bond acceptors (Lipinski definition) is 3. The minimum atomic E-state index is -0.128. The lowest BCUT2D eigenvalue weighted by Gasteiger charge is -2.04. The average Bonchev–Trinajstić information content (AvgIpc) is 2.92. The lowest BCUT2D eigenvalue weighted by atomic mass is 10.2. The number of thiophene rings is 1. The fraction of sp³-hybridized carbons (Fsp3) is 0.133. The summed E-state index contributed by atoms with van der Waals surface area (Å²) < 4.78 is 0. The van der Waals surface area contributed by atoms with Crippen molar-refractivity contribution in [1.29, 1.82) is 0 Å². The highest BCUT2D eigenvalue weighted by Gasteiger charge is 2.11. The van der Waals surface area contributed by atoms with Crippen molar-refractivity contribution in [2.75, 3.05) is 6.54 Å². The van der Waals surface area contributed by atoms with E-state index in [4.69, 9.17) is 17.3 Å². The summed E-state index contributed by atoms with van der Waals surface area (Å²) in [5.41, 5.74) is 7.05. The third-order valence-corrected chi connectivity index (χ3v) is 3.73. The second-order valence-electron chi connectivity index (χ2n) is 3.98. The van der Waals surface area contributed by atoms with E-state index in [0.29, 0.717) is 22.0 Å². The Balaban J connectivity index is 2.02. The molecule has 2 aromatic rings. The third-order valence-electron chi connectivity index (χ3n) is 2.56. The summed E-state index contributed by atoms with van der Waals surface area (Å²) in [6, 6.07) is 9.18. The molecule has 0 atom stereocenters. The fourth-order valence-electron chi connectivity index (χ4n) is 1.59. The maximum Gasteiger partial charge on any atom is 0.262 e. The molecule has 0 aliphatic carbocycles. The van der Waals surface area contributed by atoms with Crippen molar-refractivity contribution < 1.29 is 4.79 Å². The maximum atomic E-state index is 12.1. The molecule has 102 valence electrons. The molecular weight excluding hydrogens is 292 g/mol. The molecule has 3 nitrogen and oxygen atoms in total. The van der Waals surface area contributed by atoms with Gasteiger partial charge in [0.2, 0.25) is 0 Å². The zero-order valence-corrected chi connectivity index (χ0v) is 12.2. The van der Waals surface area contributed by atoms with Crippen LogP contribution in [0.25, 0.3) is 0 Å². The topological polar surface area (TPSA) is 55.1 Å². The van der Waals surface area contributed by atoms with Crippen molar-refractivity contribution in [3.63, 3.8) is 0 Å². The van der Waals surface area contributed by atoms with Crippen LogP contribution in [0.3, 0.4) is 0 Å². The Kier molecular flexibility index (Phi) is 5.19. The van der Waals surface area contributed by atoms with Crippen LogP contribution in [0, 0.1) is 11.8 Å². The summed E-state index contributed by atoms with van der Waals surface area (Å²) in [7, 11) is 0. The van der Waals surface area contributed by atoms with Gasteiger partial charge in [-0.05, 0) is 29.1 Å². The molecule has 0 radical (unpaired) electrons. The molecule has 1 heterocycles. The van der Waals surface area contributed by atoms with Gasteiger partial charge in [-0.2, -0.15) is 0 Å². The van der Waals surface area contributed by atoms with E-state index < -0.39 is 0 Å². The van der Waals surface area contributed by atoms with Crippen molar-refractivity contribution in [2.45, 2.75) is 6.54 Å². The Morgan fingerprint density at radius 2 is 2.05 bits per heavy atom. The van der Waals surface area contributed by atoms with E-state index in [1.54, 1.807) is 12.1 Å².